The molecule has 0 rings (SSSR count). The molecule has 0 unspecified atom stereocenters. The van der Waals surface area contributed by atoms with Crippen molar-refractivity contribution in [3.63, 3.8) is 0 Å². The molecule has 0 heterocycles. The second kappa shape index (κ2) is 4.87. The molecule has 0 aliphatic heterocycles. The summed E-state index contributed by atoms with van der Waals surface area (Å²) < 4.78 is 0. The van der Waals surface area contributed by atoms with Gasteiger partial charge in [-0.15, -0.1) is 0 Å². The Morgan fingerprint density at radius 3 is 2.33 bits per heavy atom. The van der Waals surface area contributed by atoms with Crippen molar-refractivity contribution in [3.8, 4) is 0 Å². The van der Waals surface area contributed by atoms with Gasteiger partial charge in [0.15, 0.2) is 0 Å². The molecule has 12 heavy (non-hydrogen) atoms. The number of carbonyl (C=O) groups excluding carboxylic acids is 2. The Morgan fingerprint density at radius 1 is 1.50 bits per heavy atom. The molecule has 0 saturated carbocycles. The minimum Gasteiger partial charge on any atom is -0.299 e. The van der Waals surface area contributed by atoms with E-state index in [0.717, 1.165) is 5.06 Å². The van der Waals surface area contributed by atoms with Crippen molar-refractivity contribution >= 4 is 11.7 Å². The van der Waals surface area contributed by atoms with Gasteiger partial charge in [-0.1, -0.05) is 6.92 Å². The average Bonchev–Trinajstić information content (AvgIpc) is 2.12. The molecule has 4 nitrogen and oxygen atoms in total. The molecule has 70 valence electrons. The molecule has 1 atom stereocenters. The molecule has 0 spiro atoms. The van der Waals surface area contributed by atoms with Crippen LogP contribution in [-0.2, 0) is 14.4 Å². The number of nitrogens with zero attached hydrogens (tertiary/aromatic N) is 1. The molecule has 0 bridgehead atoms. The van der Waals surface area contributed by atoms with Crippen LogP contribution in [0.4, 0.5) is 0 Å². The van der Waals surface area contributed by atoms with Gasteiger partial charge in [0.05, 0.1) is 13.0 Å². The highest BCUT2D eigenvalue weighted by Crippen LogP contribution is 2.04. The number of hydrogen-bond donors (Lipinski definition) is 0. The molecular weight excluding hydrogens is 158 g/mol. The van der Waals surface area contributed by atoms with Crippen LogP contribution in [0.5, 0.6) is 0 Å². The van der Waals surface area contributed by atoms with Gasteiger partial charge in [-0.05, 0) is 6.92 Å². The molecule has 0 aromatic heterocycles. The van der Waals surface area contributed by atoms with Crippen LogP contribution in [0.3, 0.4) is 0 Å². The minimum atomic E-state index is -0.597. The van der Waals surface area contributed by atoms with E-state index in [1.807, 2.05) is 0 Å². The van der Waals surface area contributed by atoms with Gasteiger partial charge < -0.3 is 0 Å². The van der Waals surface area contributed by atoms with E-state index in [0.29, 0.717) is 6.42 Å². The van der Waals surface area contributed by atoms with Gasteiger partial charge in [0, 0.05) is 13.5 Å². The van der Waals surface area contributed by atoms with Gasteiger partial charge >= 0.3 is 0 Å². The molecule has 0 saturated heterocycles. The summed E-state index contributed by atoms with van der Waals surface area (Å²) >= 11 is 0. The Bertz CT molecular complexity index is 179. The highest BCUT2D eigenvalue weighted by molar-refractivity contribution is 6.00. The number of hydroxylamine groups is 2. The number of rotatable bonds is 4. The lowest BCUT2D eigenvalue weighted by Gasteiger charge is -2.17. The number of amides is 1. The Kier molecular flexibility index (Phi) is 4.51. The number of Topliss-reactive ketones (excluding diaryl/α,β-unsaturated/α-hetero) is 1. The van der Waals surface area contributed by atoms with E-state index in [-0.39, 0.29) is 11.7 Å². The zero-order chi connectivity index (χ0) is 9.72. The van der Waals surface area contributed by atoms with E-state index >= 15 is 0 Å². The third-order valence-electron chi connectivity index (χ3n) is 1.79. The maximum absolute atomic E-state index is 11.3. The third kappa shape index (κ3) is 2.62. The SMILES string of the molecule is CCC(=O)[C@@H](C)C(=O)N(C)OC. The lowest BCUT2D eigenvalue weighted by atomic mass is 10.0. The first-order chi connectivity index (χ1) is 5.54. The fourth-order valence-corrected chi connectivity index (χ4v) is 0.807. The Labute approximate surface area is 72.4 Å². The normalized spacial score (nSPS) is 12.3. The Hall–Kier alpha value is -0.900. The van der Waals surface area contributed by atoms with Crippen LogP contribution in [0.2, 0.25) is 0 Å². The lowest BCUT2D eigenvalue weighted by molar-refractivity contribution is -0.173. The Morgan fingerprint density at radius 2 is 2.00 bits per heavy atom. The lowest BCUT2D eigenvalue weighted by Crippen LogP contribution is -2.34. The number of hydrogen-bond acceptors (Lipinski definition) is 3. The molecule has 0 aliphatic carbocycles. The van der Waals surface area contributed by atoms with E-state index in [1.165, 1.54) is 14.2 Å². The summed E-state index contributed by atoms with van der Waals surface area (Å²) in [6, 6.07) is 0. The predicted molar refractivity (Wildman–Crippen MR) is 44.2 cm³/mol. The molecule has 0 aromatic rings. The van der Waals surface area contributed by atoms with Gasteiger partial charge in [0.1, 0.15) is 5.78 Å². The van der Waals surface area contributed by atoms with Crippen molar-refractivity contribution in [2.24, 2.45) is 5.92 Å². The van der Waals surface area contributed by atoms with Gasteiger partial charge in [0.2, 0.25) is 0 Å². The van der Waals surface area contributed by atoms with Crippen LogP contribution >= 0.6 is 0 Å². The van der Waals surface area contributed by atoms with E-state index in [2.05, 4.69) is 4.84 Å². The van der Waals surface area contributed by atoms with Crippen LogP contribution in [0.1, 0.15) is 20.3 Å². The van der Waals surface area contributed by atoms with E-state index < -0.39 is 5.92 Å². The van der Waals surface area contributed by atoms with E-state index in [9.17, 15) is 9.59 Å². The molecule has 0 radical (unpaired) electrons. The second-order valence-electron chi connectivity index (χ2n) is 2.56. The monoisotopic (exact) mass is 173 g/mol. The van der Waals surface area contributed by atoms with Crippen molar-refractivity contribution in [2.45, 2.75) is 20.3 Å². The van der Waals surface area contributed by atoms with Gasteiger partial charge in [-0.25, -0.2) is 5.06 Å². The van der Waals surface area contributed by atoms with Gasteiger partial charge in [-0.3, -0.25) is 14.4 Å². The first kappa shape index (κ1) is 11.1. The van der Waals surface area contributed by atoms with Crippen LogP contribution in [0, 0.1) is 5.92 Å². The van der Waals surface area contributed by atoms with Gasteiger partial charge in [0.25, 0.3) is 5.91 Å². The van der Waals surface area contributed by atoms with E-state index in [4.69, 9.17) is 0 Å². The number of carbonyl (C=O) groups is 2. The highest BCUT2D eigenvalue weighted by Gasteiger charge is 2.22. The summed E-state index contributed by atoms with van der Waals surface area (Å²) in [7, 11) is 2.88. The zero-order valence-corrected chi connectivity index (χ0v) is 7.96. The summed E-state index contributed by atoms with van der Waals surface area (Å²) in [6.45, 7) is 3.32. The molecule has 0 aromatic carbocycles. The van der Waals surface area contributed by atoms with E-state index in [1.54, 1.807) is 13.8 Å². The topological polar surface area (TPSA) is 46.6 Å². The summed E-state index contributed by atoms with van der Waals surface area (Å²) in [4.78, 5) is 27.0. The van der Waals surface area contributed by atoms with Crippen LogP contribution in [-0.4, -0.2) is 30.9 Å². The summed E-state index contributed by atoms with van der Waals surface area (Å²) in [6.07, 6.45) is 0.379. The fourth-order valence-electron chi connectivity index (χ4n) is 0.807. The average molecular weight is 173 g/mol. The molecule has 1 amide bonds. The minimum absolute atomic E-state index is 0.0658. The summed E-state index contributed by atoms with van der Waals surface area (Å²) in [5.74, 6) is -0.965. The van der Waals surface area contributed by atoms with Gasteiger partial charge in [-0.2, -0.15) is 0 Å². The maximum atomic E-state index is 11.3. The quantitative estimate of drug-likeness (QED) is 0.462. The highest BCUT2D eigenvalue weighted by atomic mass is 16.7. The third-order valence-corrected chi connectivity index (χ3v) is 1.79. The van der Waals surface area contributed by atoms with Crippen molar-refractivity contribution in [1.82, 2.24) is 5.06 Å². The van der Waals surface area contributed by atoms with Crippen molar-refractivity contribution in [1.29, 1.82) is 0 Å². The van der Waals surface area contributed by atoms with Crippen LogP contribution in [0.25, 0.3) is 0 Å². The Balaban J connectivity index is 4.19. The van der Waals surface area contributed by atoms with Crippen LogP contribution in [0.15, 0.2) is 0 Å². The van der Waals surface area contributed by atoms with Crippen molar-refractivity contribution in [2.75, 3.05) is 14.2 Å². The molecular formula is C8H15NO3. The fraction of sp³-hybridized carbons (Fsp3) is 0.750. The predicted octanol–water partition coefficient (Wildman–Crippen LogP) is 0.621. The second-order valence-corrected chi connectivity index (χ2v) is 2.56. The van der Waals surface area contributed by atoms with Crippen LogP contribution < -0.4 is 0 Å². The molecule has 0 fully saturated rings. The summed E-state index contributed by atoms with van der Waals surface area (Å²) in [5.41, 5.74) is 0. The molecule has 4 heteroatoms. The zero-order valence-electron chi connectivity index (χ0n) is 7.96. The first-order valence-corrected chi connectivity index (χ1v) is 3.89. The standard InChI is InChI=1S/C8H15NO3/c1-5-7(10)6(2)8(11)9(3)12-4/h6H,5H2,1-4H3/t6-/m1/s1. The molecule has 0 N–H and O–H groups in total. The summed E-state index contributed by atoms with van der Waals surface area (Å²) in [5, 5.41) is 1.07. The largest absolute Gasteiger partial charge is 0.299 e. The van der Waals surface area contributed by atoms with Crippen molar-refractivity contribution in [3.05, 3.63) is 0 Å². The first-order valence-electron chi connectivity index (χ1n) is 3.89. The number of ketones is 1. The molecule has 0 aliphatic rings. The van der Waals surface area contributed by atoms with Crippen molar-refractivity contribution < 1.29 is 14.4 Å². The smallest absolute Gasteiger partial charge is 0.256 e. The maximum Gasteiger partial charge on any atom is 0.256 e.